The molecule has 0 rings (SSSR count). The first-order chi connectivity index (χ1) is 1.41. The minimum atomic E-state index is 0. The van der Waals surface area contributed by atoms with Crippen molar-refractivity contribution >= 4 is 17.6 Å². The van der Waals surface area contributed by atoms with Gasteiger partial charge in [-0.25, -0.2) is 0 Å². The van der Waals surface area contributed by atoms with E-state index in [1.165, 1.54) is 5.34 Å². The Morgan fingerprint density at radius 3 is 1.75 bits per heavy atom. The Bertz CT molecular complexity index is 13.5. The fraction of sp³-hybridized carbons (Fsp3) is 0. The second-order valence-corrected chi connectivity index (χ2v) is 0.0816. The summed E-state index contributed by atoms with van der Waals surface area (Å²) >= 11 is 0. The summed E-state index contributed by atoms with van der Waals surface area (Å²) < 4.78 is 0. The summed E-state index contributed by atoms with van der Waals surface area (Å²) in [4.78, 5) is 8.11. The predicted molar refractivity (Wildman–Crippen MR) is 13.3 cm³/mol. The summed E-state index contributed by atoms with van der Waals surface area (Å²) in [7, 11) is 0. The molecule has 0 unspecified atom stereocenters. The van der Waals surface area contributed by atoms with E-state index in [-0.39, 0.29) is 17.6 Å². The van der Waals surface area contributed by atoms with Gasteiger partial charge in [-0.2, -0.15) is 0 Å². The predicted octanol–water partition coefficient (Wildman–Crippen LogP) is -0.239. The van der Waals surface area contributed by atoms with Crippen molar-refractivity contribution < 1.29 is 5.21 Å². The zero-order chi connectivity index (χ0) is 2.71. The number of rotatable bonds is 0. The van der Waals surface area contributed by atoms with Crippen LogP contribution in [0.5, 0.6) is 0 Å². The number of hydrogen-bond acceptors (Lipinski definition) is 2. The van der Waals surface area contributed by atoms with Crippen LogP contribution in [-0.2, 0) is 0 Å². The first kappa shape index (κ1) is 9.05. The molecule has 22 valence electrons. The molecule has 4 heavy (non-hydrogen) atoms. The quantitative estimate of drug-likeness (QED) is 0.272. The Morgan fingerprint density at radius 2 is 1.75 bits per heavy atom. The molecule has 0 amide bonds. The Labute approximate surface area is 33.9 Å². The van der Waals surface area contributed by atoms with Crippen LogP contribution in [0.2, 0.25) is 0 Å². The van der Waals surface area contributed by atoms with E-state index in [1.807, 2.05) is 0 Å². The molecule has 4 heteroatoms. The van der Waals surface area contributed by atoms with E-state index < -0.39 is 0 Å². The van der Waals surface area contributed by atoms with Crippen molar-refractivity contribution in [1.29, 1.82) is 0 Å². The van der Waals surface area contributed by atoms with E-state index in [0.717, 1.165) is 0 Å². The van der Waals surface area contributed by atoms with Crippen molar-refractivity contribution in [3.8, 4) is 0 Å². The molecular formula is HGeNO2. The molecule has 0 saturated carbocycles. The largest absolute Gasteiger partial charge is 0.379 e. The van der Waals surface area contributed by atoms with Gasteiger partial charge in [-0.3, -0.25) is 0 Å². The zero-order valence-electron chi connectivity index (χ0n) is 1.80. The molecule has 0 atom stereocenters. The van der Waals surface area contributed by atoms with Gasteiger partial charge in [-0.05, 0) is 0 Å². The van der Waals surface area contributed by atoms with Gasteiger partial charge in [-0.15, -0.1) is 4.91 Å². The minimum Gasteiger partial charge on any atom is -0.379 e. The van der Waals surface area contributed by atoms with E-state index >= 15 is 0 Å². The van der Waals surface area contributed by atoms with Gasteiger partial charge in [-0.1, -0.05) is 0 Å². The topological polar surface area (TPSA) is 49.7 Å². The molecule has 1 N–H and O–H groups in total. The van der Waals surface area contributed by atoms with Crippen LogP contribution in [0.1, 0.15) is 0 Å². The zero-order valence-corrected chi connectivity index (χ0v) is 3.90. The summed E-state index contributed by atoms with van der Waals surface area (Å²) in [5.41, 5.74) is 0. The average molecular weight is 120 g/mol. The van der Waals surface area contributed by atoms with Crippen LogP contribution < -0.4 is 0 Å². The SMILES string of the molecule is O=NO.[Ge]. The summed E-state index contributed by atoms with van der Waals surface area (Å²) in [6.45, 7) is 0. The number of nitrogens with zero attached hydrogens (tertiary/aromatic N) is 1. The first-order valence-corrected chi connectivity index (χ1v) is 0.383. The third kappa shape index (κ3) is 529. The molecule has 4 radical (unpaired) electrons. The van der Waals surface area contributed by atoms with Crippen molar-refractivity contribution in [1.82, 2.24) is 0 Å². The van der Waals surface area contributed by atoms with Gasteiger partial charge in [0.15, 0.2) is 5.34 Å². The standard InChI is InChI=1S/Ge.HNO2/c;2-1-3/h;(H,2,3). The third-order valence-electron chi connectivity index (χ3n) is 0. The molecule has 0 aliphatic carbocycles. The maximum Gasteiger partial charge on any atom is 0.152 e. The Balaban J connectivity index is 0. The Kier molecular flexibility index (Phi) is 28.3. The van der Waals surface area contributed by atoms with Crippen LogP contribution in [-0.4, -0.2) is 22.8 Å². The first-order valence-electron chi connectivity index (χ1n) is 0.383. The van der Waals surface area contributed by atoms with E-state index in [9.17, 15) is 0 Å². The molecule has 0 fully saturated rings. The van der Waals surface area contributed by atoms with Crippen molar-refractivity contribution in [2.75, 3.05) is 0 Å². The normalized spacial score (nSPS) is 3.00. The third-order valence-corrected chi connectivity index (χ3v) is 0. The molecule has 0 aromatic rings. The molecule has 0 spiro atoms. The van der Waals surface area contributed by atoms with Crippen LogP contribution >= 0.6 is 0 Å². The fourth-order valence-electron chi connectivity index (χ4n) is 0. The molecular weight excluding hydrogens is 119 g/mol. The molecule has 0 aliphatic rings. The molecule has 0 heterocycles. The molecule has 0 aromatic carbocycles. The Hall–Kier alpha value is -0.0571. The van der Waals surface area contributed by atoms with Crippen LogP contribution in [0.3, 0.4) is 0 Å². The van der Waals surface area contributed by atoms with E-state index in [0.29, 0.717) is 0 Å². The monoisotopic (exact) mass is 121 g/mol. The van der Waals surface area contributed by atoms with Gasteiger partial charge in [0.05, 0.1) is 0 Å². The smallest absolute Gasteiger partial charge is 0.152 e. The van der Waals surface area contributed by atoms with Gasteiger partial charge in [0.1, 0.15) is 0 Å². The molecule has 0 saturated heterocycles. The summed E-state index contributed by atoms with van der Waals surface area (Å²) in [5.74, 6) is 0. The van der Waals surface area contributed by atoms with Crippen LogP contribution in [0.4, 0.5) is 0 Å². The van der Waals surface area contributed by atoms with Crippen molar-refractivity contribution in [3.63, 3.8) is 0 Å². The summed E-state index contributed by atoms with van der Waals surface area (Å²) in [6.07, 6.45) is 0. The Morgan fingerprint density at radius 1 is 1.75 bits per heavy atom. The fourth-order valence-corrected chi connectivity index (χ4v) is 0. The van der Waals surface area contributed by atoms with Gasteiger partial charge in [0, 0.05) is 17.6 Å². The molecule has 0 bridgehead atoms. The molecule has 0 aromatic heterocycles. The average Bonchev–Trinajstić information content (AvgIpc) is 0.918. The number of hydrogen-bond donors (Lipinski definition) is 1. The molecule has 0 aliphatic heterocycles. The van der Waals surface area contributed by atoms with E-state index in [4.69, 9.17) is 10.1 Å². The second-order valence-electron chi connectivity index (χ2n) is 0.0816. The molecule has 3 nitrogen and oxygen atoms in total. The van der Waals surface area contributed by atoms with Crippen LogP contribution in [0, 0.1) is 4.91 Å². The van der Waals surface area contributed by atoms with Gasteiger partial charge in [0.2, 0.25) is 0 Å². The second kappa shape index (κ2) is 12.5. The maximum absolute atomic E-state index is 8.11. The van der Waals surface area contributed by atoms with Crippen molar-refractivity contribution in [2.24, 2.45) is 5.34 Å². The van der Waals surface area contributed by atoms with Crippen molar-refractivity contribution in [2.45, 2.75) is 0 Å². The maximum atomic E-state index is 8.11. The van der Waals surface area contributed by atoms with Crippen LogP contribution in [0.25, 0.3) is 0 Å². The van der Waals surface area contributed by atoms with Gasteiger partial charge >= 0.3 is 0 Å². The van der Waals surface area contributed by atoms with Crippen molar-refractivity contribution in [3.05, 3.63) is 4.91 Å². The van der Waals surface area contributed by atoms with Gasteiger partial charge in [0.25, 0.3) is 0 Å². The summed E-state index contributed by atoms with van der Waals surface area (Å²) in [5, 5.41) is 7.89. The van der Waals surface area contributed by atoms with Gasteiger partial charge < -0.3 is 5.21 Å². The van der Waals surface area contributed by atoms with E-state index in [1.54, 1.807) is 0 Å². The minimum absolute atomic E-state index is 0. The summed E-state index contributed by atoms with van der Waals surface area (Å²) in [6, 6.07) is 0. The van der Waals surface area contributed by atoms with E-state index in [2.05, 4.69) is 0 Å². The van der Waals surface area contributed by atoms with Crippen LogP contribution in [0.15, 0.2) is 5.34 Å².